The number of benzene rings is 1. The minimum atomic E-state index is 0.0880. The maximum Gasteiger partial charge on any atom is 0.119 e. The van der Waals surface area contributed by atoms with Gasteiger partial charge in [-0.1, -0.05) is 6.07 Å². The van der Waals surface area contributed by atoms with Crippen LogP contribution in [0.1, 0.15) is 19.3 Å². The minimum Gasteiger partial charge on any atom is -0.508 e. The summed E-state index contributed by atoms with van der Waals surface area (Å²) in [6.45, 7) is 1.02. The van der Waals surface area contributed by atoms with Crippen LogP contribution in [0.3, 0.4) is 0 Å². The molecule has 1 aromatic carbocycles. The van der Waals surface area contributed by atoms with Gasteiger partial charge in [0.1, 0.15) is 11.5 Å². The van der Waals surface area contributed by atoms with Crippen LogP contribution in [-0.4, -0.2) is 32.8 Å². The molecule has 0 saturated carbocycles. The van der Waals surface area contributed by atoms with Gasteiger partial charge in [0.15, 0.2) is 0 Å². The number of hydrogen-bond acceptors (Lipinski definition) is 3. The Hall–Kier alpha value is -1.00. The predicted octanol–water partition coefficient (Wildman–Crippen LogP) is 0.976. The number of hydrogen-bond donors (Lipinski definition) is 2. The second-order valence-electron chi connectivity index (χ2n) is 3.70. The van der Waals surface area contributed by atoms with E-state index in [0.29, 0.717) is 5.73 Å². The average molecular weight is 226 g/mol. The molecular weight excluding hydrogens is 208 g/mol. The molecule has 3 nitrogen and oxygen atoms in total. The van der Waals surface area contributed by atoms with Crippen LogP contribution in [0.25, 0.3) is 0 Å². The normalized spacial score (nSPS) is 20.4. The SMILES string of the molecule is Oc1cccc(O)c1.[SiH3]C1CCCCO1. The molecule has 1 unspecified atom stereocenters. The number of rotatable bonds is 0. The second-order valence-corrected chi connectivity index (χ2v) is 4.98. The summed E-state index contributed by atoms with van der Waals surface area (Å²) in [6, 6.07) is 5.85. The second kappa shape index (κ2) is 6.47. The molecule has 1 fully saturated rings. The van der Waals surface area contributed by atoms with Crippen molar-refractivity contribution in [2.75, 3.05) is 6.61 Å². The van der Waals surface area contributed by atoms with Gasteiger partial charge in [0.2, 0.25) is 0 Å². The largest absolute Gasteiger partial charge is 0.508 e. The maximum atomic E-state index is 8.65. The molecule has 15 heavy (non-hydrogen) atoms. The first-order chi connectivity index (χ1) is 7.18. The summed E-state index contributed by atoms with van der Waals surface area (Å²) >= 11 is 0. The summed E-state index contributed by atoms with van der Waals surface area (Å²) in [5, 5.41) is 17.3. The molecule has 2 N–H and O–H groups in total. The molecular formula is C11H18O3Si. The van der Waals surface area contributed by atoms with Crippen molar-refractivity contribution in [2.24, 2.45) is 0 Å². The van der Waals surface area contributed by atoms with Crippen molar-refractivity contribution in [2.45, 2.75) is 25.0 Å². The van der Waals surface area contributed by atoms with Crippen LogP contribution in [0, 0.1) is 0 Å². The summed E-state index contributed by atoms with van der Waals surface area (Å²) in [7, 11) is 1.23. The highest BCUT2D eigenvalue weighted by Gasteiger charge is 2.05. The van der Waals surface area contributed by atoms with Crippen LogP contribution in [0.15, 0.2) is 24.3 Å². The smallest absolute Gasteiger partial charge is 0.119 e. The lowest BCUT2D eigenvalue weighted by atomic mass is 10.2. The van der Waals surface area contributed by atoms with E-state index < -0.39 is 0 Å². The van der Waals surface area contributed by atoms with Gasteiger partial charge in [-0.2, -0.15) is 0 Å². The molecule has 1 aromatic rings. The Morgan fingerprint density at radius 2 is 1.87 bits per heavy atom. The maximum absolute atomic E-state index is 8.65. The summed E-state index contributed by atoms with van der Waals surface area (Å²) in [5.74, 6) is 0.176. The number of phenols is 2. The highest BCUT2D eigenvalue weighted by atomic mass is 28.1. The highest BCUT2D eigenvalue weighted by Crippen LogP contribution is 2.14. The lowest BCUT2D eigenvalue weighted by Gasteiger charge is -2.17. The lowest BCUT2D eigenvalue weighted by Crippen LogP contribution is -2.18. The topological polar surface area (TPSA) is 49.7 Å². The van der Waals surface area contributed by atoms with Crippen LogP contribution >= 0.6 is 0 Å². The van der Waals surface area contributed by atoms with E-state index in [1.54, 1.807) is 6.07 Å². The van der Waals surface area contributed by atoms with Crippen molar-refractivity contribution in [3.05, 3.63) is 24.3 Å². The van der Waals surface area contributed by atoms with Gasteiger partial charge >= 0.3 is 0 Å². The van der Waals surface area contributed by atoms with Crippen LogP contribution in [0.5, 0.6) is 11.5 Å². The Morgan fingerprint density at radius 3 is 2.13 bits per heavy atom. The fraction of sp³-hybridized carbons (Fsp3) is 0.455. The molecule has 0 bridgehead atoms. The van der Waals surface area contributed by atoms with Crippen molar-refractivity contribution in [3.8, 4) is 11.5 Å². The third-order valence-corrected chi connectivity index (χ3v) is 3.15. The summed E-state index contributed by atoms with van der Waals surface area (Å²) in [6.07, 6.45) is 4.01. The molecule has 1 heterocycles. The Labute approximate surface area is 93.1 Å². The molecule has 84 valence electrons. The summed E-state index contributed by atoms with van der Waals surface area (Å²) < 4.78 is 5.34. The van der Waals surface area contributed by atoms with E-state index in [2.05, 4.69) is 0 Å². The first kappa shape index (κ1) is 12.1. The molecule has 0 aliphatic carbocycles. The fourth-order valence-electron chi connectivity index (χ4n) is 1.39. The molecule has 1 saturated heterocycles. The van der Waals surface area contributed by atoms with Crippen molar-refractivity contribution in [1.29, 1.82) is 0 Å². The van der Waals surface area contributed by atoms with Crippen molar-refractivity contribution in [3.63, 3.8) is 0 Å². The lowest BCUT2D eigenvalue weighted by molar-refractivity contribution is 0.0675. The third-order valence-electron chi connectivity index (χ3n) is 2.24. The van der Waals surface area contributed by atoms with Crippen molar-refractivity contribution >= 4 is 10.2 Å². The quantitative estimate of drug-likeness (QED) is 0.648. The van der Waals surface area contributed by atoms with E-state index in [1.807, 2.05) is 0 Å². The van der Waals surface area contributed by atoms with E-state index in [4.69, 9.17) is 14.9 Å². The Kier molecular flexibility index (Phi) is 5.21. The molecule has 1 aliphatic rings. The first-order valence-corrected chi connectivity index (χ1v) is 6.43. The third kappa shape index (κ3) is 5.44. The zero-order chi connectivity index (χ0) is 11.1. The molecule has 0 radical (unpaired) electrons. The van der Waals surface area contributed by atoms with Crippen LogP contribution in [0.4, 0.5) is 0 Å². The van der Waals surface area contributed by atoms with Gasteiger partial charge in [0.05, 0.1) is 0 Å². The highest BCUT2D eigenvalue weighted by molar-refractivity contribution is 6.11. The van der Waals surface area contributed by atoms with Crippen LogP contribution < -0.4 is 0 Å². The Balaban J connectivity index is 0.000000151. The van der Waals surface area contributed by atoms with Crippen molar-refractivity contribution in [1.82, 2.24) is 0 Å². The monoisotopic (exact) mass is 226 g/mol. The van der Waals surface area contributed by atoms with E-state index >= 15 is 0 Å². The number of phenolic OH excluding ortho intramolecular Hbond substituents is 2. The molecule has 1 atom stereocenters. The van der Waals surface area contributed by atoms with Gasteiger partial charge < -0.3 is 14.9 Å². The summed E-state index contributed by atoms with van der Waals surface area (Å²) in [4.78, 5) is 0. The van der Waals surface area contributed by atoms with Gasteiger partial charge in [-0.25, -0.2) is 0 Å². The van der Waals surface area contributed by atoms with Crippen LogP contribution in [0.2, 0.25) is 0 Å². The Bertz CT molecular complexity index is 268. The van der Waals surface area contributed by atoms with Gasteiger partial charge in [0.25, 0.3) is 0 Å². The standard InChI is InChI=1S/C6H6O2.C5H12OSi/c7-5-2-1-3-6(8)4-5;7-5-3-1-2-4-6-5/h1-4,7-8H;5H,1-4H2,7H3. The van der Waals surface area contributed by atoms with Gasteiger partial charge in [-0.15, -0.1) is 0 Å². The van der Waals surface area contributed by atoms with E-state index in [1.165, 1.54) is 47.7 Å². The predicted molar refractivity (Wildman–Crippen MR) is 63.3 cm³/mol. The number of aromatic hydroxyl groups is 2. The minimum absolute atomic E-state index is 0.0880. The average Bonchev–Trinajstić information content (AvgIpc) is 2.19. The van der Waals surface area contributed by atoms with Gasteiger partial charge in [-0.3, -0.25) is 0 Å². The van der Waals surface area contributed by atoms with E-state index in [-0.39, 0.29) is 11.5 Å². The molecule has 0 amide bonds. The molecule has 4 heteroatoms. The zero-order valence-electron chi connectivity index (χ0n) is 9.02. The van der Waals surface area contributed by atoms with Crippen LogP contribution in [-0.2, 0) is 4.74 Å². The number of ether oxygens (including phenoxy) is 1. The Morgan fingerprint density at radius 1 is 1.20 bits per heavy atom. The molecule has 1 aliphatic heterocycles. The molecule has 2 rings (SSSR count). The molecule has 0 aromatic heterocycles. The van der Waals surface area contributed by atoms with Crippen molar-refractivity contribution < 1.29 is 14.9 Å². The van der Waals surface area contributed by atoms with Gasteiger partial charge in [-0.05, 0) is 31.4 Å². The summed E-state index contributed by atoms with van der Waals surface area (Å²) in [5.41, 5.74) is 0.675. The van der Waals surface area contributed by atoms with Gasteiger partial charge in [0, 0.05) is 28.6 Å². The van der Waals surface area contributed by atoms with E-state index in [0.717, 1.165) is 6.61 Å². The zero-order valence-corrected chi connectivity index (χ0v) is 11.0. The molecule has 0 spiro atoms. The fourth-order valence-corrected chi connectivity index (χ4v) is 2.04. The van der Waals surface area contributed by atoms with E-state index in [9.17, 15) is 0 Å². The first-order valence-electron chi connectivity index (χ1n) is 5.28.